The summed E-state index contributed by atoms with van der Waals surface area (Å²) in [6, 6.07) is 0. The fourth-order valence-electron chi connectivity index (χ4n) is 0.743. The van der Waals surface area contributed by atoms with Crippen LogP contribution >= 0.6 is 23.2 Å². The Hall–Kier alpha value is 0.450. The first-order valence-electron chi connectivity index (χ1n) is 3.59. The molecule has 2 N–H and O–H groups in total. The minimum Gasteiger partial charge on any atom is -0.391 e. The van der Waals surface area contributed by atoms with E-state index in [0.29, 0.717) is 0 Å². The first-order valence-corrected chi connectivity index (χ1v) is 6.49. The van der Waals surface area contributed by atoms with Crippen molar-refractivity contribution in [1.29, 1.82) is 0 Å². The molecule has 0 aromatic rings. The van der Waals surface area contributed by atoms with Gasteiger partial charge in [0.2, 0.25) is 0 Å². The second kappa shape index (κ2) is 6.03. The van der Waals surface area contributed by atoms with E-state index in [1.54, 1.807) is 0 Å². The lowest BCUT2D eigenvalue weighted by atomic mass is 10.5. The molecule has 0 radical (unpaired) electrons. The number of aliphatic hydroxyl groups is 2. The number of hydrogen-bond acceptors (Lipinski definition) is 4. The van der Waals surface area contributed by atoms with Crippen LogP contribution in [0.25, 0.3) is 0 Å². The van der Waals surface area contributed by atoms with Gasteiger partial charge < -0.3 is 10.2 Å². The third-order valence-corrected chi connectivity index (χ3v) is 3.75. The maximum atomic E-state index is 11.1. The lowest BCUT2D eigenvalue weighted by Gasteiger charge is -2.10. The molecule has 7 heteroatoms. The van der Waals surface area contributed by atoms with E-state index < -0.39 is 33.6 Å². The lowest BCUT2D eigenvalue weighted by molar-refractivity contribution is 0.214. The van der Waals surface area contributed by atoms with Crippen LogP contribution in [0.2, 0.25) is 0 Å². The maximum absolute atomic E-state index is 11.1. The van der Waals surface area contributed by atoms with Crippen LogP contribution in [0, 0.1) is 0 Å². The van der Waals surface area contributed by atoms with Gasteiger partial charge in [0.1, 0.15) is 0 Å². The largest absolute Gasteiger partial charge is 0.391 e. The molecule has 0 rings (SSSR count). The number of hydrogen-bond donors (Lipinski definition) is 2. The first-order chi connectivity index (χ1) is 5.91. The highest BCUT2D eigenvalue weighted by Gasteiger charge is 2.20. The summed E-state index contributed by atoms with van der Waals surface area (Å²) in [5.41, 5.74) is 0. The number of halogens is 2. The monoisotopic (exact) mass is 250 g/mol. The molecule has 0 heterocycles. The topological polar surface area (TPSA) is 74.6 Å². The van der Waals surface area contributed by atoms with Crippen molar-refractivity contribution in [3.8, 4) is 0 Å². The van der Waals surface area contributed by atoms with Crippen molar-refractivity contribution >= 4 is 33.0 Å². The smallest absolute Gasteiger partial charge is 0.155 e. The molecule has 0 aliphatic carbocycles. The minimum atomic E-state index is -3.47. The summed E-state index contributed by atoms with van der Waals surface area (Å²) in [4.78, 5) is 0. The van der Waals surface area contributed by atoms with Gasteiger partial charge in [-0.05, 0) is 0 Å². The van der Waals surface area contributed by atoms with E-state index in [0.717, 1.165) is 0 Å². The van der Waals surface area contributed by atoms with E-state index in [4.69, 9.17) is 33.4 Å². The normalized spacial score (nSPS) is 16.9. The molecular formula is C6H12Cl2O4S. The zero-order valence-corrected chi connectivity index (χ0v) is 9.19. The van der Waals surface area contributed by atoms with Gasteiger partial charge in [0.05, 0.1) is 23.7 Å². The average molecular weight is 251 g/mol. The van der Waals surface area contributed by atoms with E-state index in [2.05, 4.69) is 0 Å². The molecule has 80 valence electrons. The van der Waals surface area contributed by atoms with Gasteiger partial charge in [-0.1, -0.05) is 0 Å². The van der Waals surface area contributed by atoms with Gasteiger partial charge in [-0.25, -0.2) is 8.42 Å². The van der Waals surface area contributed by atoms with Crippen LogP contribution in [0.3, 0.4) is 0 Å². The van der Waals surface area contributed by atoms with Gasteiger partial charge in [0, 0.05) is 11.8 Å². The number of sulfone groups is 1. The fourth-order valence-corrected chi connectivity index (χ4v) is 2.76. The Balaban J connectivity index is 4.09. The fraction of sp³-hybridized carbons (Fsp3) is 1.00. The van der Waals surface area contributed by atoms with E-state index in [9.17, 15) is 8.42 Å². The molecule has 0 aliphatic heterocycles. The van der Waals surface area contributed by atoms with Crippen molar-refractivity contribution in [3.05, 3.63) is 0 Å². The Bertz CT molecular complexity index is 211. The van der Waals surface area contributed by atoms with Crippen LogP contribution in [-0.4, -0.2) is 54.1 Å². The Morgan fingerprint density at radius 2 is 1.31 bits per heavy atom. The summed E-state index contributed by atoms with van der Waals surface area (Å²) in [5.74, 6) is -1.17. The second-order valence-corrected chi connectivity index (χ2v) is 5.46. The minimum absolute atomic E-state index is 0.143. The quantitative estimate of drug-likeness (QED) is 0.630. The van der Waals surface area contributed by atoms with Crippen LogP contribution in [-0.2, 0) is 9.84 Å². The summed E-state index contributed by atoms with van der Waals surface area (Å²) >= 11 is 10.5. The molecule has 0 spiro atoms. The zero-order chi connectivity index (χ0) is 10.5. The van der Waals surface area contributed by atoms with E-state index in [-0.39, 0.29) is 11.8 Å². The summed E-state index contributed by atoms with van der Waals surface area (Å²) < 4.78 is 22.3. The molecule has 0 aromatic heterocycles. The molecule has 0 fully saturated rings. The van der Waals surface area contributed by atoms with Gasteiger partial charge in [-0.15, -0.1) is 23.2 Å². The molecule has 0 bridgehead atoms. The van der Waals surface area contributed by atoms with Crippen LogP contribution in [0.15, 0.2) is 0 Å². The molecule has 13 heavy (non-hydrogen) atoms. The number of rotatable bonds is 6. The lowest BCUT2D eigenvalue weighted by Crippen LogP contribution is -2.30. The van der Waals surface area contributed by atoms with Crippen molar-refractivity contribution < 1.29 is 18.6 Å². The summed E-state index contributed by atoms with van der Waals surface area (Å²) in [5, 5.41) is 17.9. The SMILES string of the molecule is O=S(=O)(CC(O)CCl)CC(O)CCl. The Morgan fingerprint density at radius 3 is 1.54 bits per heavy atom. The van der Waals surface area contributed by atoms with Crippen molar-refractivity contribution in [2.45, 2.75) is 12.2 Å². The summed E-state index contributed by atoms with van der Waals surface area (Å²) in [7, 11) is -3.47. The highest BCUT2D eigenvalue weighted by atomic mass is 35.5. The zero-order valence-electron chi connectivity index (χ0n) is 6.86. The van der Waals surface area contributed by atoms with E-state index in [1.807, 2.05) is 0 Å². The molecule has 0 saturated carbocycles. The van der Waals surface area contributed by atoms with Crippen LogP contribution in [0.1, 0.15) is 0 Å². The van der Waals surface area contributed by atoms with Crippen molar-refractivity contribution in [3.63, 3.8) is 0 Å². The standard InChI is InChI=1S/C6H12Cl2O4S/c7-1-5(9)3-13(11,12)4-6(10)2-8/h5-6,9-10H,1-4H2. The first kappa shape index (κ1) is 13.4. The van der Waals surface area contributed by atoms with Gasteiger partial charge in [0.15, 0.2) is 9.84 Å². The third-order valence-electron chi connectivity index (χ3n) is 1.25. The predicted molar refractivity (Wildman–Crippen MR) is 52.1 cm³/mol. The van der Waals surface area contributed by atoms with Gasteiger partial charge in [-0.3, -0.25) is 0 Å². The molecular weight excluding hydrogens is 239 g/mol. The Kier molecular flexibility index (Phi) is 6.24. The van der Waals surface area contributed by atoms with Crippen LogP contribution in [0.4, 0.5) is 0 Å². The number of aliphatic hydroxyl groups excluding tert-OH is 2. The molecule has 0 saturated heterocycles. The van der Waals surface area contributed by atoms with Gasteiger partial charge >= 0.3 is 0 Å². The molecule has 2 atom stereocenters. The van der Waals surface area contributed by atoms with Crippen LogP contribution in [0.5, 0.6) is 0 Å². The average Bonchev–Trinajstić information content (AvgIpc) is 2.02. The van der Waals surface area contributed by atoms with Crippen molar-refractivity contribution in [2.75, 3.05) is 23.3 Å². The highest BCUT2D eigenvalue weighted by molar-refractivity contribution is 7.91. The number of alkyl halides is 2. The second-order valence-electron chi connectivity index (χ2n) is 2.69. The Labute approximate surface area is 87.4 Å². The molecule has 2 unspecified atom stereocenters. The molecule has 0 aliphatic rings. The van der Waals surface area contributed by atoms with Crippen molar-refractivity contribution in [1.82, 2.24) is 0 Å². The summed E-state index contributed by atoms with van der Waals surface area (Å²) in [6.45, 7) is 0. The molecule has 0 amide bonds. The maximum Gasteiger partial charge on any atom is 0.155 e. The predicted octanol–water partition coefficient (Wildman–Crippen LogP) is -0.399. The Morgan fingerprint density at radius 1 is 1.00 bits per heavy atom. The third kappa shape index (κ3) is 6.51. The summed E-state index contributed by atoms with van der Waals surface area (Å²) in [6.07, 6.45) is -2.18. The van der Waals surface area contributed by atoms with E-state index in [1.165, 1.54) is 0 Å². The van der Waals surface area contributed by atoms with E-state index >= 15 is 0 Å². The van der Waals surface area contributed by atoms with Gasteiger partial charge in [-0.2, -0.15) is 0 Å². The highest BCUT2D eigenvalue weighted by Crippen LogP contribution is 2.01. The molecule has 4 nitrogen and oxygen atoms in total. The molecule has 0 aromatic carbocycles. The van der Waals surface area contributed by atoms with Crippen LogP contribution < -0.4 is 0 Å². The van der Waals surface area contributed by atoms with Crippen molar-refractivity contribution in [2.24, 2.45) is 0 Å². The van der Waals surface area contributed by atoms with Gasteiger partial charge in [0.25, 0.3) is 0 Å².